The van der Waals surface area contributed by atoms with Gasteiger partial charge in [0.05, 0.1) is 0 Å². The molecule has 0 saturated heterocycles. The van der Waals surface area contributed by atoms with Crippen molar-refractivity contribution in [1.82, 2.24) is 9.97 Å². The van der Waals surface area contributed by atoms with E-state index in [9.17, 15) is 0 Å². The van der Waals surface area contributed by atoms with Crippen LogP contribution >= 0.6 is 23.4 Å². The lowest BCUT2D eigenvalue weighted by atomic mass is 10.2. The van der Waals surface area contributed by atoms with Gasteiger partial charge in [0.2, 0.25) is 0 Å². The second-order valence-electron chi connectivity index (χ2n) is 4.64. The summed E-state index contributed by atoms with van der Waals surface area (Å²) in [6.45, 7) is 3.01. The van der Waals surface area contributed by atoms with E-state index in [1.807, 2.05) is 18.7 Å². The molecule has 1 fully saturated rings. The first kappa shape index (κ1) is 14.9. The first-order valence-electron chi connectivity index (χ1n) is 6.61. The van der Waals surface area contributed by atoms with Gasteiger partial charge in [-0.2, -0.15) is 11.8 Å². The van der Waals surface area contributed by atoms with Crippen LogP contribution in [0.5, 0.6) is 0 Å². The molecular weight excluding hydrogens is 282 g/mol. The van der Waals surface area contributed by atoms with E-state index in [2.05, 4.69) is 21.5 Å². The molecule has 1 aromatic heterocycles. The molecule has 2 rings (SSSR count). The highest BCUT2D eigenvalue weighted by molar-refractivity contribution is 7.99. The van der Waals surface area contributed by atoms with Crippen LogP contribution in [0.2, 0.25) is 5.15 Å². The molecule has 1 aliphatic carbocycles. The predicted octanol–water partition coefficient (Wildman–Crippen LogP) is 3.36. The largest absolute Gasteiger partial charge is 0.374 e. The minimum Gasteiger partial charge on any atom is -0.374 e. The van der Waals surface area contributed by atoms with Gasteiger partial charge in [-0.15, -0.1) is 0 Å². The number of nitrogens with one attached hydrogen (secondary N) is 1. The SMILES string of the molecule is CCOCc1nc(Cl)cc(NC2CCC(SC)C2)n1. The zero-order valence-corrected chi connectivity index (χ0v) is 12.9. The number of rotatable bonds is 6. The predicted molar refractivity (Wildman–Crippen MR) is 80.9 cm³/mol. The molecule has 0 amide bonds. The number of hydrogen-bond donors (Lipinski definition) is 1. The lowest BCUT2D eigenvalue weighted by Gasteiger charge is -2.14. The number of aromatic nitrogens is 2. The Morgan fingerprint density at radius 2 is 2.32 bits per heavy atom. The van der Waals surface area contributed by atoms with Gasteiger partial charge in [0.15, 0.2) is 5.82 Å². The van der Waals surface area contributed by atoms with Gasteiger partial charge < -0.3 is 10.1 Å². The van der Waals surface area contributed by atoms with E-state index in [-0.39, 0.29) is 0 Å². The van der Waals surface area contributed by atoms with Crippen molar-refractivity contribution in [2.45, 2.75) is 44.1 Å². The summed E-state index contributed by atoms with van der Waals surface area (Å²) in [5.74, 6) is 1.44. The highest BCUT2D eigenvalue weighted by atomic mass is 35.5. The van der Waals surface area contributed by atoms with Gasteiger partial charge in [0.25, 0.3) is 0 Å². The third kappa shape index (κ3) is 4.51. The third-order valence-corrected chi connectivity index (χ3v) is 4.53. The summed E-state index contributed by atoms with van der Waals surface area (Å²) in [6.07, 6.45) is 5.82. The topological polar surface area (TPSA) is 47.0 Å². The molecule has 2 atom stereocenters. The maximum Gasteiger partial charge on any atom is 0.158 e. The smallest absolute Gasteiger partial charge is 0.158 e. The van der Waals surface area contributed by atoms with Gasteiger partial charge >= 0.3 is 0 Å². The van der Waals surface area contributed by atoms with Crippen LogP contribution in [0.3, 0.4) is 0 Å². The van der Waals surface area contributed by atoms with Crippen molar-refractivity contribution in [3.8, 4) is 0 Å². The van der Waals surface area contributed by atoms with Gasteiger partial charge in [-0.25, -0.2) is 9.97 Å². The average Bonchev–Trinajstić information content (AvgIpc) is 2.83. The van der Waals surface area contributed by atoms with E-state index in [1.165, 1.54) is 19.3 Å². The van der Waals surface area contributed by atoms with Crippen LogP contribution in [0.15, 0.2) is 6.07 Å². The van der Waals surface area contributed by atoms with Gasteiger partial charge in [-0.05, 0) is 32.4 Å². The molecule has 19 heavy (non-hydrogen) atoms. The first-order chi connectivity index (χ1) is 9.21. The minimum atomic E-state index is 0.407. The van der Waals surface area contributed by atoms with Crippen LogP contribution in [0.4, 0.5) is 5.82 Å². The Morgan fingerprint density at radius 3 is 3.00 bits per heavy atom. The monoisotopic (exact) mass is 301 g/mol. The van der Waals surface area contributed by atoms with E-state index in [1.54, 1.807) is 6.07 Å². The second kappa shape index (κ2) is 7.31. The van der Waals surface area contributed by atoms with Gasteiger partial charge in [-0.3, -0.25) is 0 Å². The third-order valence-electron chi connectivity index (χ3n) is 3.25. The molecule has 0 spiro atoms. The van der Waals surface area contributed by atoms with E-state index >= 15 is 0 Å². The highest BCUT2D eigenvalue weighted by Crippen LogP contribution is 2.30. The van der Waals surface area contributed by atoms with E-state index in [0.29, 0.717) is 30.2 Å². The number of nitrogens with zero attached hydrogens (tertiary/aromatic N) is 2. The molecule has 106 valence electrons. The van der Waals surface area contributed by atoms with Crippen LogP contribution in [0, 0.1) is 0 Å². The van der Waals surface area contributed by atoms with Crippen molar-refractivity contribution in [2.24, 2.45) is 0 Å². The molecule has 1 aromatic rings. The zero-order valence-electron chi connectivity index (χ0n) is 11.4. The Labute approximate surface area is 123 Å². The standard InChI is InChI=1S/C13H20ClN3OS/c1-3-18-8-13-16-11(14)7-12(17-13)15-9-4-5-10(6-9)19-2/h7,9-10H,3-6,8H2,1-2H3,(H,15,16,17). The zero-order chi connectivity index (χ0) is 13.7. The van der Waals surface area contributed by atoms with Crippen molar-refractivity contribution in [3.05, 3.63) is 17.0 Å². The van der Waals surface area contributed by atoms with Crippen molar-refractivity contribution in [1.29, 1.82) is 0 Å². The summed E-state index contributed by atoms with van der Waals surface area (Å²) in [5, 5.41) is 4.68. The molecule has 6 heteroatoms. The Morgan fingerprint density at radius 1 is 1.47 bits per heavy atom. The molecule has 1 N–H and O–H groups in total. The summed E-state index contributed by atoms with van der Waals surface area (Å²) in [4.78, 5) is 8.61. The lowest BCUT2D eigenvalue weighted by molar-refractivity contribution is 0.128. The summed E-state index contributed by atoms with van der Waals surface area (Å²) >= 11 is 7.96. The van der Waals surface area contributed by atoms with Crippen molar-refractivity contribution < 1.29 is 4.74 Å². The molecule has 0 radical (unpaired) electrons. The van der Waals surface area contributed by atoms with Gasteiger partial charge in [-0.1, -0.05) is 11.6 Å². The number of thioether (sulfide) groups is 1. The van der Waals surface area contributed by atoms with E-state index in [0.717, 1.165) is 11.1 Å². The van der Waals surface area contributed by atoms with Gasteiger partial charge in [0.1, 0.15) is 17.6 Å². The Kier molecular flexibility index (Phi) is 5.73. The van der Waals surface area contributed by atoms with Crippen LogP contribution in [0.1, 0.15) is 32.0 Å². The Hall–Kier alpha value is -0.520. The molecule has 1 heterocycles. The highest BCUT2D eigenvalue weighted by Gasteiger charge is 2.24. The number of halogens is 1. The van der Waals surface area contributed by atoms with Crippen LogP contribution in [0.25, 0.3) is 0 Å². The van der Waals surface area contributed by atoms with Gasteiger partial charge in [0, 0.05) is 24.0 Å². The number of hydrogen-bond acceptors (Lipinski definition) is 5. The van der Waals surface area contributed by atoms with Crippen molar-refractivity contribution in [3.63, 3.8) is 0 Å². The normalized spacial score (nSPS) is 22.7. The molecule has 0 aliphatic heterocycles. The van der Waals surface area contributed by atoms with E-state index < -0.39 is 0 Å². The molecule has 2 unspecified atom stereocenters. The fraction of sp³-hybridized carbons (Fsp3) is 0.692. The fourth-order valence-electron chi connectivity index (χ4n) is 2.29. The quantitative estimate of drug-likeness (QED) is 0.816. The lowest BCUT2D eigenvalue weighted by Crippen LogP contribution is -2.17. The number of ether oxygens (including phenoxy) is 1. The van der Waals surface area contributed by atoms with Crippen LogP contribution < -0.4 is 5.32 Å². The van der Waals surface area contributed by atoms with Crippen LogP contribution in [-0.4, -0.2) is 34.1 Å². The Balaban J connectivity index is 1.97. The van der Waals surface area contributed by atoms with E-state index in [4.69, 9.17) is 16.3 Å². The summed E-state index contributed by atoms with van der Waals surface area (Å²) in [6, 6.07) is 2.27. The fourth-order valence-corrected chi connectivity index (χ4v) is 3.29. The molecular formula is C13H20ClN3OS. The van der Waals surface area contributed by atoms with Crippen LogP contribution in [-0.2, 0) is 11.3 Å². The van der Waals surface area contributed by atoms with Crippen molar-refractivity contribution in [2.75, 3.05) is 18.2 Å². The molecule has 1 saturated carbocycles. The molecule has 0 bridgehead atoms. The number of anilines is 1. The second-order valence-corrected chi connectivity index (χ2v) is 6.17. The summed E-state index contributed by atoms with van der Waals surface area (Å²) < 4.78 is 5.32. The molecule has 1 aliphatic rings. The maximum absolute atomic E-state index is 6.02. The average molecular weight is 302 g/mol. The maximum atomic E-state index is 6.02. The summed E-state index contributed by atoms with van der Waals surface area (Å²) in [5.41, 5.74) is 0. The van der Waals surface area contributed by atoms with Crippen molar-refractivity contribution >= 4 is 29.2 Å². The molecule has 4 nitrogen and oxygen atoms in total. The summed E-state index contributed by atoms with van der Waals surface area (Å²) in [7, 11) is 0. The minimum absolute atomic E-state index is 0.407. The first-order valence-corrected chi connectivity index (χ1v) is 8.28. The Bertz CT molecular complexity index is 419. The molecule has 0 aromatic carbocycles.